The van der Waals surface area contributed by atoms with Gasteiger partial charge in [-0.3, -0.25) is 14.5 Å². The number of hydrogen-bond donors (Lipinski definition) is 2. The van der Waals surface area contributed by atoms with Crippen LogP contribution in [0.3, 0.4) is 0 Å². The quantitative estimate of drug-likeness (QED) is 0.366. The third-order valence-electron chi connectivity index (χ3n) is 6.23. The van der Waals surface area contributed by atoms with Crippen molar-refractivity contribution >= 4 is 16.6 Å². The van der Waals surface area contributed by atoms with E-state index in [1.807, 2.05) is 0 Å². The Bertz CT molecular complexity index is 1780. The summed E-state index contributed by atoms with van der Waals surface area (Å²) in [7, 11) is 0. The van der Waals surface area contributed by atoms with Gasteiger partial charge in [0.15, 0.2) is 5.65 Å². The van der Waals surface area contributed by atoms with Crippen LogP contribution in [0.5, 0.6) is 0 Å². The summed E-state index contributed by atoms with van der Waals surface area (Å²) in [5.74, 6) is -2.08. The summed E-state index contributed by atoms with van der Waals surface area (Å²) in [6, 6.07) is 4.27. The third kappa shape index (κ3) is 3.65. The van der Waals surface area contributed by atoms with E-state index in [1.54, 1.807) is 0 Å². The lowest BCUT2D eigenvalue weighted by Gasteiger charge is -2.10. The lowest BCUT2D eigenvalue weighted by molar-refractivity contribution is -0.141. The second-order valence-electron chi connectivity index (χ2n) is 8.59. The summed E-state index contributed by atoms with van der Waals surface area (Å²) in [6.07, 6.45) is -0.877. The van der Waals surface area contributed by atoms with Gasteiger partial charge in [0, 0.05) is 11.8 Å². The molecular formula is C22H14F5N7O2. The van der Waals surface area contributed by atoms with Gasteiger partial charge in [-0.05, 0) is 42.0 Å². The first kappa shape index (κ1) is 22.1. The molecule has 0 amide bonds. The smallest absolute Gasteiger partial charge is 0.313 e. The molecule has 0 radical (unpaired) electrons. The molecule has 0 spiro atoms. The van der Waals surface area contributed by atoms with Crippen molar-refractivity contribution in [1.82, 2.24) is 34.3 Å². The van der Waals surface area contributed by atoms with Gasteiger partial charge in [-0.2, -0.15) is 32.3 Å². The van der Waals surface area contributed by atoms with E-state index < -0.39 is 35.7 Å². The predicted octanol–water partition coefficient (Wildman–Crippen LogP) is 3.23. The van der Waals surface area contributed by atoms with Crippen LogP contribution in [0.25, 0.3) is 27.8 Å². The number of aromatic amines is 2. The SMILES string of the molecule is O=c1[nH]cc(-c2cc([C@H]3C[C@@H]3c3cc(F)c4cnn(CC(F)(F)F)c4c3)c3ncc(F)n3n2)c(=O)[nH]1. The van der Waals surface area contributed by atoms with Crippen LogP contribution >= 0.6 is 0 Å². The number of hydrogen-bond acceptors (Lipinski definition) is 5. The molecule has 184 valence electrons. The molecule has 36 heavy (non-hydrogen) atoms. The van der Waals surface area contributed by atoms with Crippen molar-refractivity contribution in [2.75, 3.05) is 0 Å². The zero-order valence-corrected chi connectivity index (χ0v) is 18.0. The van der Waals surface area contributed by atoms with Crippen LogP contribution in [0, 0.1) is 11.8 Å². The number of H-pyrrole nitrogens is 2. The summed E-state index contributed by atoms with van der Waals surface area (Å²) in [6.45, 7) is -1.36. The average molecular weight is 503 g/mol. The molecule has 4 aromatic heterocycles. The minimum absolute atomic E-state index is 0.00781. The number of halogens is 5. The Labute approximate surface area is 196 Å². The number of fused-ring (bicyclic) bond motifs is 2. The van der Waals surface area contributed by atoms with Crippen molar-refractivity contribution in [2.45, 2.75) is 31.0 Å². The summed E-state index contributed by atoms with van der Waals surface area (Å²) in [5.41, 5.74) is -0.205. The normalized spacial score (nSPS) is 17.8. The fraction of sp³-hybridized carbons (Fsp3) is 0.227. The van der Waals surface area contributed by atoms with E-state index in [-0.39, 0.29) is 39.6 Å². The van der Waals surface area contributed by atoms with Crippen LogP contribution in [-0.4, -0.2) is 40.5 Å². The van der Waals surface area contributed by atoms with Crippen molar-refractivity contribution in [3.8, 4) is 11.3 Å². The van der Waals surface area contributed by atoms with Crippen molar-refractivity contribution in [3.05, 3.63) is 80.5 Å². The lowest BCUT2D eigenvalue weighted by atomic mass is 10.0. The van der Waals surface area contributed by atoms with E-state index in [4.69, 9.17) is 0 Å². The first-order valence-electron chi connectivity index (χ1n) is 10.7. The molecule has 1 aliphatic carbocycles. The highest BCUT2D eigenvalue weighted by molar-refractivity contribution is 5.80. The van der Waals surface area contributed by atoms with Crippen molar-refractivity contribution in [2.24, 2.45) is 0 Å². The maximum atomic E-state index is 14.8. The van der Waals surface area contributed by atoms with Crippen LogP contribution < -0.4 is 11.2 Å². The van der Waals surface area contributed by atoms with Gasteiger partial charge in [0.05, 0.1) is 34.6 Å². The highest BCUT2D eigenvalue weighted by Crippen LogP contribution is 2.56. The fourth-order valence-electron chi connectivity index (χ4n) is 4.54. The molecule has 1 saturated carbocycles. The number of nitrogens with one attached hydrogen (secondary N) is 2. The minimum atomic E-state index is -4.53. The van der Waals surface area contributed by atoms with E-state index in [0.29, 0.717) is 22.2 Å². The Morgan fingerprint density at radius 1 is 1.08 bits per heavy atom. The third-order valence-corrected chi connectivity index (χ3v) is 6.23. The van der Waals surface area contributed by atoms with Gasteiger partial charge < -0.3 is 4.98 Å². The first-order valence-corrected chi connectivity index (χ1v) is 10.7. The van der Waals surface area contributed by atoms with Crippen LogP contribution in [0.4, 0.5) is 22.0 Å². The fourth-order valence-corrected chi connectivity index (χ4v) is 4.54. The van der Waals surface area contributed by atoms with Crippen LogP contribution in [0.1, 0.15) is 29.4 Å². The van der Waals surface area contributed by atoms with E-state index in [2.05, 4.69) is 25.1 Å². The Balaban J connectivity index is 1.43. The molecule has 0 bridgehead atoms. The molecule has 1 fully saturated rings. The number of benzene rings is 1. The molecule has 1 aromatic carbocycles. The zero-order valence-electron chi connectivity index (χ0n) is 18.0. The number of aromatic nitrogens is 7. The van der Waals surface area contributed by atoms with E-state index >= 15 is 0 Å². The Kier molecular flexibility index (Phi) is 4.65. The molecule has 9 nitrogen and oxygen atoms in total. The average Bonchev–Trinajstić information content (AvgIpc) is 3.38. The Morgan fingerprint density at radius 2 is 1.89 bits per heavy atom. The Hall–Kier alpha value is -4.36. The van der Waals surface area contributed by atoms with Gasteiger partial charge >= 0.3 is 11.9 Å². The molecule has 0 saturated heterocycles. The van der Waals surface area contributed by atoms with Crippen molar-refractivity contribution in [3.63, 3.8) is 0 Å². The summed E-state index contributed by atoms with van der Waals surface area (Å²) in [5, 5.41) is 7.77. The van der Waals surface area contributed by atoms with E-state index in [9.17, 15) is 31.5 Å². The molecule has 5 aromatic rings. The lowest BCUT2D eigenvalue weighted by Crippen LogP contribution is -2.23. The van der Waals surface area contributed by atoms with Gasteiger partial charge in [-0.1, -0.05) is 0 Å². The zero-order chi connectivity index (χ0) is 25.4. The summed E-state index contributed by atoms with van der Waals surface area (Å²) >= 11 is 0. The van der Waals surface area contributed by atoms with Crippen molar-refractivity contribution in [1.29, 1.82) is 0 Å². The second kappa shape index (κ2) is 7.57. The number of rotatable bonds is 4. The molecule has 2 atom stereocenters. The van der Waals surface area contributed by atoms with Gasteiger partial charge in [0.2, 0.25) is 5.95 Å². The molecule has 4 heterocycles. The monoisotopic (exact) mass is 503 g/mol. The molecule has 1 aliphatic rings. The van der Waals surface area contributed by atoms with Gasteiger partial charge in [0.1, 0.15) is 12.4 Å². The van der Waals surface area contributed by atoms with E-state index in [1.165, 1.54) is 18.2 Å². The maximum absolute atomic E-state index is 14.8. The molecule has 6 rings (SSSR count). The Morgan fingerprint density at radius 3 is 2.64 bits per heavy atom. The summed E-state index contributed by atoms with van der Waals surface area (Å²) in [4.78, 5) is 32.1. The molecule has 14 heteroatoms. The number of nitrogens with zero attached hydrogens (tertiary/aromatic N) is 5. The van der Waals surface area contributed by atoms with Crippen molar-refractivity contribution < 1.29 is 22.0 Å². The molecule has 2 N–H and O–H groups in total. The van der Waals surface area contributed by atoms with Gasteiger partial charge in [0.25, 0.3) is 5.56 Å². The number of alkyl halides is 3. The highest BCUT2D eigenvalue weighted by Gasteiger charge is 2.42. The van der Waals surface area contributed by atoms with Gasteiger partial charge in [-0.25, -0.2) is 14.2 Å². The molecule has 0 aliphatic heterocycles. The molecular weight excluding hydrogens is 489 g/mol. The minimum Gasteiger partial charge on any atom is -0.313 e. The van der Waals surface area contributed by atoms with Gasteiger partial charge in [-0.15, -0.1) is 0 Å². The summed E-state index contributed by atoms with van der Waals surface area (Å²) < 4.78 is 69.6. The van der Waals surface area contributed by atoms with Crippen LogP contribution in [0.15, 0.2) is 46.4 Å². The maximum Gasteiger partial charge on any atom is 0.408 e. The largest absolute Gasteiger partial charge is 0.408 e. The molecule has 0 unspecified atom stereocenters. The first-order chi connectivity index (χ1) is 17.1. The van der Waals surface area contributed by atoms with Crippen LogP contribution in [-0.2, 0) is 6.54 Å². The highest BCUT2D eigenvalue weighted by atomic mass is 19.4. The standard InChI is InChI=1S/C22H14F5N7O2/c23-15-1-9(2-17-13(15)6-30-33(17)8-22(25,26)27)10-3-11(10)12-4-16(14-5-29-21(36)31-20(14)35)32-34-18(24)7-28-19(12)34/h1-2,4-7,10-11H,3,8H2,(H2,29,31,35,36)/t10-,11+/m1/s1. The van der Waals surface area contributed by atoms with Crippen LogP contribution in [0.2, 0.25) is 0 Å². The predicted molar refractivity (Wildman–Crippen MR) is 115 cm³/mol. The number of imidazole rings is 1. The topological polar surface area (TPSA) is 114 Å². The van der Waals surface area contributed by atoms with E-state index in [0.717, 1.165) is 23.1 Å². The second-order valence-corrected chi connectivity index (χ2v) is 8.59.